The van der Waals surface area contributed by atoms with Crippen molar-refractivity contribution in [1.29, 1.82) is 0 Å². The van der Waals surface area contributed by atoms with Gasteiger partial charge in [0, 0.05) is 30.8 Å². The summed E-state index contributed by atoms with van der Waals surface area (Å²) in [5.41, 5.74) is 1.87. The van der Waals surface area contributed by atoms with Crippen molar-refractivity contribution in [3.8, 4) is 5.75 Å². The Balaban J connectivity index is 1.89. The Morgan fingerprint density at radius 2 is 1.84 bits per heavy atom. The van der Waals surface area contributed by atoms with Gasteiger partial charge in [-0.3, -0.25) is 0 Å². The quantitative estimate of drug-likeness (QED) is 0.629. The van der Waals surface area contributed by atoms with E-state index in [4.69, 9.17) is 16.3 Å². The van der Waals surface area contributed by atoms with Crippen molar-refractivity contribution in [2.45, 2.75) is 27.0 Å². The number of hydrogen-bond acceptors (Lipinski definition) is 3. The third-order valence-electron chi connectivity index (χ3n) is 4.19. The maximum atomic E-state index is 13.1. The molecule has 5 heteroatoms. The Morgan fingerprint density at radius 3 is 2.56 bits per heavy atom. The van der Waals surface area contributed by atoms with E-state index in [-0.39, 0.29) is 5.82 Å². The number of rotatable bonds is 10. The third kappa shape index (κ3) is 6.31. The lowest BCUT2D eigenvalue weighted by atomic mass is 10.2. The summed E-state index contributed by atoms with van der Waals surface area (Å²) in [6.45, 7) is 9.50. The van der Waals surface area contributed by atoms with Crippen LogP contribution in [-0.2, 0) is 13.2 Å². The van der Waals surface area contributed by atoms with Crippen molar-refractivity contribution >= 4 is 11.6 Å². The van der Waals surface area contributed by atoms with Gasteiger partial charge in [0.25, 0.3) is 0 Å². The van der Waals surface area contributed by atoms with Crippen LogP contribution in [0.4, 0.5) is 4.39 Å². The van der Waals surface area contributed by atoms with Crippen LogP contribution >= 0.6 is 11.6 Å². The number of nitrogens with zero attached hydrogens (tertiary/aromatic N) is 1. The summed E-state index contributed by atoms with van der Waals surface area (Å²) in [5, 5.41) is 3.85. The first-order valence-corrected chi connectivity index (χ1v) is 9.09. The first-order chi connectivity index (χ1) is 12.1. The minimum Gasteiger partial charge on any atom is -0.489 e. The summed E-state index contributed by atoms with van der Waals surface area (Å²) in [6, 6.07) is 12.3. The highest BCUT2D eigenvalue weighted by atomic mass is 35.5. The molecule has 0 saturated carbocycles. The monoisotopic (exact) mass is 364 g/mol. The molecule has 0 saturated heterocycles. The van der Waals surface area contributed by atoms with Gasteiger partial charge >= 0.3 is 0 Å². The number of nitrogens with one attached hydrogen (secondary N) is 1. The third-order valence-corrected chi connectivity index (χ3v) is 4.54. The molecule has 25 heavy (non-hydrogen) atoms. The molecule has 0 amide bonds. The molecule has 0 aliphatic carbocycles. The molecule has 2 rings (SSSR count). The maximum absolute atomic E-state index is 13.1. The Hall–Kier alpha value is -1.62. The van der Waals surface area contributed by atoms with E-state index in [1.54, 1.807) is 6.07 Å². The molecule has 0 aromatic heterocycles. The molecule has 0 aliphatic heterocycles. The van der Waals surface area contributed by atoms with Crippen LogP contribution in [0.3, 0.4) is 0 Å². The first-order valence-electron chi connectivity index (χ1n) is 8.71. The summed E-state index contributed by atoms with van der Waals surface area (Å²) in [5.74, 6) is 0.477. The SMILES string of the molecule is CCN(CC)CCNCc1ccccc1OCc1ccc(F)cc1Cl. The van der Waals surface area contributed by atoms with Gasteiger partial charge in [0.15, 0.2) is 0 Å². The number of para-hydroxylation sites is 1. The van der Waals surface area contributed by atoms with Crippen molar-refractivity contribution < 1.29 is 9.13 Å². The summed E-state index contributed by atoms with van der Waals surface area (Å²) in [4.78, 5) is 2.38. The van der Waals surface area contributed by atoms with Gasteiger partial charge in [-0.15, -0.1) is 0 Å². The van der Waals surface area contributed by atoms with Crippen molar-refractivity contribution in [3.63, 3.8) is 0 Å². The van der Waals surface area contributed by atoms with Gasteiger partial charge < -0.3 is 15.0 Å². The smallest absolute Gasteiger partial charge is 0.124 e. The molecular weight excluding hydrogens is 339 g/mol. The number of ether oxygens (including phenoxy) is 1. The number of benzene rings is 2. The molecule has 0 atom stereocenters. The number of halogens is 2. The van der Waals surface area contributed by atoms with Crippen molar-refractivity contribution in [2.75, 3.05) is 26.2 Å². The Morgan fingerprint density at radius 1 is 1.08 bits per heavy atom. The number of likely N-dealkylation sites (N-methyl/N-ethyl adjacent to an activating group) is 1. The Labute approximate surface area is 154 Å². The molecule has 0 heterocycles. The molecule has 1 N–H and O–H groups in total. The predicted molar refractivity (Wildman–Crippen MR) is 102 cm³/mol. The molecule has 2 aromatic rings. The molecular formula is C20H26ClFN2O. The molecule has 3 nitrogen and oxygen atoms in total. The fraction of sp³-hybridized carbons (Fsp3) is 0.400. The van der Waals surface area contributed by atoms with Crippen LogP contribution in [0.2, 0.25) is 5.02 Å². The van der Waals surface area contributed by atoms with Gasteiger partial charge in [-0.25, -0.2) is 4.39 Å². The van der Waals surface area contributed by atoms with Crippen LogP contribution in [0.5, 0.6) is 5.75 Å². The molecule has 0 bridgehead atoms. The molecule has 136 valence electrons. The van der Waals surface area contributed by atoms with Crippen molar-refractivity contribution in [3.05, 3.63) is 64.4 Å². The van der Waals surface area contributed by atoms with Crippen LogP contribution in [0.25, 0.3) is 0 Å². The van der Waals surface area contributed by atoms with Gasteiger partial charge in [-0.1, -0.05) is 49.7 Å². The molecule has 0 aliphatic rings. The van der Waals surface area contributed by atoms with Crippen molar-refractivity contribution in [2.24, 2.45) is 0 Å². The van der Waals surface area contributed by atoms with Gasteiger partial charge in [-0.05, 0) is 31.3 Å². The van der Waals surface area contributed by atoms with Gasteiger partial charge in [0.05, 0.1) is 5.02 Å². The zero-order valence-corrected chi connectivity index (χ0v) is 15.7. The normalized spacial score (nSPS) is 11.1. The summed E-state index contributed by atoms with van der Waals surface area (Å²) >= 11 is 6.06. The summed E-state index contributed by atoms with van der Waals surface area (Å²) in [7, 11) is 0. The molecule has 0 spiro atoms. The van der Waals surface area contributed by atoms with E-state index in [1.807, 2.05) is 24.3 Å². The van der Waals surface area contributed by atoms with Crippen LogP contribution < -0.4 is 10.1 Å². The van der Waals surface area contributed by atoms with Crippen LogP contribution in [0.1, 0.15) is 25.0 Å². The minimum atomic E-state index is -0.341. The highest BCUT2D eigenvalue weighted by molar-refractivity contribution is 6.31. The second kappa shape index (κ2) is 10.4. The molecule has 0 radical (unpaired) electrons. The predicted octanol–water partition coefficient (Wildman–Crippen LogP) is 4.49. The van der Waals surface area contributed by atoms with Crippen molar-refractivity contribution in [1.82, 2.24) is 10.2 Å². The number of hydrogen-bond donors (Lipinski definition) is 1. The van der Waals surface area contributed by atoms with Crippen LogP contribution in [0, 0.1) is 5.82 Å². The molecule has 0 fully saturated rings. The van der Waals surface area contributed by atoms with E-state index in [0.717, 1.165) is 49.6 Å². The van der Waals surface area contributed by atoms with E-state index in [0.29, 0.717) is 11.6 Å². The lowest BCUT2D eigenvalue weighted by Crippen LogP contribution is -2.31. The maximum Gasteiger partial charge on any atom is 0.124 e. The summed E-state index contributed by atoms with van der Waals surface area (Å²) in [6.07, 6.45) is 0. The van der Waals surface area contributed by atoms with E-state index in [1.165, 1.54) is 12.1 Å². The van der Waals surface area contributed by atoms with E-state index in [2.05, 4.69) is 24.1 Å². The second-order valence-electron chi connectivity index (χ2n) is 5.84. The molecule has 0 unspecified atom stereocenters. The Kier molecular flexibility index (Phi) is 8.19. The topological polar surface area (TPSA) is 24.5 Å². The van der Waals surface area contributed by atoms with Gasteiger partial charge in [0.1, 0.15) is 18.2 Å². The first kappa shape index (κ1) is 19.7. The van der Waals surface area contributed by atoms with E-state index in [9.17, 15) is 4.39 Å². The van der Waals surface area contributed by atoms with Gasteiger partial charge in [0.2, 0.25) is 0 Å². The zero-order valence-electron chi connectivity index (χ0n) is 14.9. The highest BCUT2D eigenvalue weighted by Gasteiger charge is 2.07. The lowest BCUT2D eigenvalue weighted by Gasteiger charge is -2.18. The van der Waals surface area contributed by atoms with E-state index < -0.39 is 0 Å². The van der Waals surface area contributed by atoms with Crippen LogP contribution in [0.15, 0.2) is 42.5 Å². The second-order valence-corrected chi connectivity index (χ2v) is 6.24. The standard InChI is InChI=1S/C20H26ClFN2O/c1-3-24(4-2)12-11-23-14-16-7-5-6-8-20(16)25-15-17-9-10-18(22)13-19(17)21/h5-10,13,23H,3-4,11-12,14-15H2,1-2H3. The fourth-order valence-electron chi connectivity index (χ4n) is 2.58. The zero-order chi connectivity index (χ0) is 18.1. The largest absolute Gasteiger partial charge is 0.489 e. The fourth-order valence-corrected chi connectivity index (χ4v) is 2.81. The average molecular weight is 365 g/mol. The minimum absolute atomic E-state index is 0.315. The molecule has 2 aromatic carbocycles. The van der Waals surface area contributed by atoms with Gasteiger partial charge in [-0.2, -0.15) is 0 Å². The average Bonchev–Trinajstić information content (AvgIpc) is 2.62. The van der Waals surface area contributed by atoms with E-state index >= 15 is 0 Å². The summed E-state index contributed by atoms with van der Waals surface area (Å²) < 4.78 is 19.0. The van der Waals surface area contributed by atoms with Crippen LogP contribution in [-0.4, -0.2) is 31.1 Å². The highest BCUT2D eigenvalue weighted by Crippen LogP contribution is 2.22. The lowest BCUT2D eigenvalue weighted by molar-refractivity contribution is 0.295. The Bertz CT molecular complexity index is 662.